The molecule has 0 fully saturated rings. The van der Waals surface area contributed by atoms with Crippen LogP contribution in [0.5, 0.6) is 0 Å². The number of amides is 1. The summed E-state index contributed by atoms with van der Waals surface area (Å²) in [6, 6.07) is 4.16. The van der Waals surface area contributed by atoms with E-state index < -0.39 is 29.3 Å². The van der Waals surface area contributed by atoms with Gasteiger partial charge in [-0.05, 0) is 26.0 Å². The molecule has 0 unspecified atom stereocenters. The topological polar surface area (TPSA) is 57.8 Å². The van der Waals surface area contributed by atoms with Gasteiger partial charge >= 0.3 is 6.18 Å². The number of alkyl halides is 3. The van der Waals surface area contributed by atoms with Crippen LogP contribution in [0.2, 0.25) is 0 Å². The lowest BCUT2D eigenvalue weighted by atomic mass is 10.1. The number of carbonyl (C=O) groups is 1. The lowest BCUT2D eigenvalue weighted by Gasteiger charge is -2.15. The molecule has 0 aliphatic heterocycles. The lowest BCUT2D eigenvalue weighted by molar-refractivity contribution is -0.137. The Bertz CT molecular complexity index is 649. The predicted molar refractivity (Wildman–Crippen MR) is 70.6 cm³/mol. The zero-order valence-corrected chi connectivity index (χ0v) is 11.5. The summed E-state index contributed by atoms with van der Waals surface area (Å²) in [6.45, 7) is 3.44. The van der Waals surface area contributed by atoms with Crippen LogP contribution in [0.3, 0.4) is 0 Å². The second kappa shape index (κ2) is 5.59. The number of imidazole rings is 1. The SMILES string of the molecule is Cc1cnc([C@@H](C)NC(=O)c2ccccc2C(F)(F)F)[nH]1. The second-order valence-electron chi connectivity index (χ2n) is 4.69. The number of aromatic nitrogens is 2. The maximum Gasteiger partial charge on any atom is 0.417 e. The lowest BCUT2D eigenvalue weighted by Crippen LogP contribution is -2.29. The number of H-pyrrole nitrogens is 1. The van der Waals surface area contributed by atoms with Crippen molar-refractivity contribution in [2.75, 3.05) is 0 Å². The molecule has 0 bridgehead atoms. The number of benzene rings is 1. The fourth-order valence-electron chi connectivity index (χ4n) is 1.92. The average Bonchev–Trinajstić information content (AvgIpc) is 2.84. The molecule has 0 aliphatic carbocycles. The molecule has 1 aromatic carbocycles. The average molecular weight is 297 g/mol. The zero-order valence-electron chi connectivity index (χ0n) is 11.5. The van der Waals surface area contributed by atoms with Gasteiger partial charge < -0.3 is 10.3 Å². The summed E-state index contributed by atoms with van der Waals surface area (Å²) in [5, 5.41) is 2.51. The molecule has 2 rings (SSSR count). The Hall–Kier alpha value is -2.31. The molecular weight excluding hydrogens is 283 g/mol. The molecule has 1 amide bonds. The summed E-state index contributed by atoms with van der Waals surface area (Å²) in [5.41, 5.74) is -0.549. The predicted octanol–water partition coefficient (Wildman–Crippen LogP) is 3.23. The van der Waals surface area contributed by atoms with Gasteiger partial charge in [-0.25, -0.2) is 4.98 Å². The highest BCUT2D eigenvalue weighted by Gasteiger charge is 2.35. The molecule has 1 aromatic heterocycles. The molecule has 21 heavy (non-hydrogen) atoms. The van der Waals surface area contributed by atoms with Crippen molar-refractivity contribution in [3.05, 3.63) is 53.1 Å². The normalized spacial score (nSPS) is 13.0. The Morgan fingerprint density at radius 2 is 2.00 bits per heavy atom. The molecule has 1 atom stereocenters. The summed E-state index contributed by atoms with van der Waals surface area (Å²) < 4.78 is 38.6. The highest BCUT2D eigenvalue weighted by Crippen LogP contribution is 2.31. The minimum absolute atomic E-state index is 0.403. The second-order valence-corrected chi connectivity index (χ2v) is 4.69. The molecule has 0 saturated heterocycles. The van der Waals surface area contributed by atoms with E-state index in [-0.39, 0.29) is 0 Å². The highest BCUT2D eigenvalue weighted by molar-refractivity contribution is 5.96. The van der Waals surface area contributed by atoms with Gasteiger partial charge in [0.05, 0.1) is 17.2 Å². The van der Waals surface area contributed by atoms with Gasteiger partial charge in [-0.1, -0.05) is 12.1 Å². The smallest absolute Gasteiger partial charge is 0.344 e. The molecule has 4 nitrogen and oxygen atoms in total. The Kier molecular flexibility index (Phi) is 4.02. The quantitative estimate of drug-likeness (QED) is 0.914. The van der Waals surface area contributed by atoms with Crippen LogP contribution >= 0.6 is 0 Å². The van der Waals surface area contributed by atoms with Gasteiger partial charge in [-0.15, -0.1) is 0 Å². The largest absolute Gasteiger partial charge is 0.417 e. The van der Waals surface area contributed by atoms with E-state index in [1.165, 1.54) is 12.1 Å². The van der Waals surface area contributed by atoms with E-state index in [2.05, 4.69) is 15.3 Å². The third-order valence-electron chi connectivity index (χ3n) is 2.96. The minimum atomic E-state index is -4.57. The summed E-state index contributed by atoms with van der Waals surface area (Å²) in [5.74, 6) is -0.296. The molecular formula is C14H14F3N3O. The van der Waals surface area contributed by atoms with Gasteiger partial charge in [0.15, 0.2) is 0 Å². The molecule has 0 radical (unpaired) electrons. The Morgan fingerprint density at radius 3 is 2.57 bits per heavy atom. The first kappa shape index (κ1) is 15.1. The zero-order chi connectivity index (χ0) is 15.6. The van der Waals surface area contributed by atoms with Gasteiger partial charge in [0, 0.05) is 11.9 Å². The first-order valence-corrected chi connectivity index (χ1v) is 6.27. The maximum atomic E-state index is 12.9. The van der Waals surface area contributed by atoms with Crippen LogP contribution in [0.1, 0.15) is 40.4 Å². The van der Waals surface area contributed by atoms with Crippen molar-refractivity contribution >= 4 is 5.91 Å². The minimum Gasteiger partial charge on any atom is -0.344 e. The number of carbonyl (C=O) groups excluding carboxylic acids is 1. The van der Waals surface area contributed by atoms with Gasteiger partial charge in [0.1, 0.15) is 5.82 Å². The number of rotatable bonds is 3. The van der Waals surface area contributed by atoms with E-state index in [1.807, 2.05) is 0 Å². The number of nitrogens with zero attached hydrogens (tertiary/aromatic N) is 1. The monoisotopic (exact) mass is 297 g/mol. The fourth-order valence-corrected chi connectivity index (χ4v) is 1.92. The summed E-state index contributed by atoms with van der Waals surface area (Å²) in [4.78, 5) is 19.0. The number of aryl methyl sites for hydroxylation is 1. The van der Waals surface area contributed by atoms with Crippen molar-refractivity contribution in [2.45, 2.75) is 26.1 Å². The van der Waals surface area contributed by atoms with Crippen LogP contribution in [0, 0.1) is 6.92 Å². The van der Waals surface area contributed by atoms with Crippen LogP contribution in [0.15, 0.2) is 30.5 Å². The first-order valence-electron chi connectivity index (χ1n) is 6.27. The van der Waals surface area contributed by atoms with E-state index in [0.29, 0.717) is 5.82 Å². The Balaban J connectivity index is 2.21. The maximum absolute atomic E-state index is 12.9. The van der Waals surface area contributed by atoms with Crippen LogP contribution in [-0.2, 0) is 6.18 Å². The Labute approximate surface area is 119 Å². The number of hydrogen-bond donors (Lipinski definition) is 2. The number of aromatic amines is 1. The summed E-state index contributed by atoms with van der Waals surface area (Å²) in [7, 11) is 0. The molecule has 7 heteroatoms. The van der Waals surface area contributed by atoms with Crippen LogP contribution in [0.25, 0.3) is 0 Å². The van der Waals surface area contributed by atoms with E-state index in [1.54, 1.807) is 20.0 Å². The van der Waals surface area contributed by atoms with E-state index in [0.717, 1.165) is 17.8 Å². The van der Waals surface area contributed by atoms with Crippen LogP contribution < -0.4 is 5.32 Å². The third-order valence-corrected chi connectivity index (χ3v) is 2.96. The van der Waals surface area contributed by atoms with Gasteiger partial charge in [0.25, 0.3) is 5.91 Å². The van der Waals surface area contributed by atoms with Gasteiger partial charge in [-0.3, -0.25) is 4.79 Å². The summed E-state index contributed by atoms with van der Waals surface area (Å²) >= 11 is 0. The fraction of sp³-hybridized carbons (Fsp3) is 0.286. The first-order chi connectivity index (χ1) is 9.79. The van der Waals surface area contributed by atoms with Gasteiger partial charge in [-0.2, -0.15) is 13.2 Å². The molecule has 2 N–H and O–H groups in total. The van der Waals surface area contributed by atoms with Gasteiger partial charge in [0.2, 0.25) is 0 Å². The van der Waals surface area contributed by atoms with Crippen molar-refractivity contribution in [2.24, 2.45) is 0 Å². The number of halogens is 3. The molecule has 0 spiro atoms. The van der Waals surface area contributed by atoms with Crippen molar-refractivity contribution < 1.29 is 18.0 Å². The molecule has 112 valence electrons. The van der Waals surface area contributed by atoms with E-state index >= 15 is 0 Å². The molecule has 0 saturated carbocycles. The van der Waals surface area contributed by atoms with Crippen LogP contribution in [-0.4, -0.2) is 15.9 Å². The van der Waals surface area contributed by atoms with Crippen molar-refractivity contribution in [3.8, 4) is 0 Å². The van der Waals surface area contributed by atoms with E-state index in [4.69, 9.17) is 0 Å². The summed E-state index contributed by atoms with van der Waals surface area (Å²) in [6.07, 6.45) is -2.99. The molecule has 0 aliphatic rings. The van der Waals surface area contributed by atoms with Crippen molar-refractivity contribution in [1.29, 1.82) is 0 Å². The third kappa shape index (κ3) is 3.42. The Morgan fingerprint density at radius 1 is 1.33 bits per heavy atom. The van der Waals surface area contributed by atoms with Crippen molar-refractivity contribution in [3.63, 3.8) is 0 Å². The molecule has 2 aromatic rings. The number of nitrogens with one attached hydrogen (secondary N) is 2. The number of hydrogen-bond acceptors (Lipinski definition) is 2. The highest BCUT2D eigenvalue weighted by atomic mass is 19.4. The van der Waals surface area contributed by atoms with E-state index in [9.17, 15) is 18.0 Å². The van der Waals surface area contributed by atoms with Crippen LogP contribution in [0.4, 0.5) is 13.2 Å². The van der Waals surface area contributed by atoms with Crippen molar-refractivity contribution in [1.82, 2.24) is 15.3 Å². The standard InChI is InChI=1S/C14H14F3N3O/c1-8-7-18-12(19-8)9(2)20-13(21)10-5-3-4-6-11(10)14(15,16)17/h3-7,9H,1-2H3,(H,18,19)(H,20,21)/t9-/m1/s1. The molecule has 1 heterocycles.